The third kappa shape index (κ3) is 1.72. The van der Waals surface area contributed by atoms with E-state index in [4.69, 9.17) is 11.6 Å². The van der Waals surface area contributed by atoms with Crippen LogP contribution in [0.2, 0.25) is 5.02 Å². The highest BCUT2D eigenvalue weighted by atomic mass is 35.5. The molecule has 0 aliphatic rings. The van der Waals surface area contributed by atoms with E-state index in [0.717, 1.165) is 11.1 Å². The Balaban J connectivity index is 3.23. The minimum Gasteiger partial charge on any atom is -0.290 e. The molecule has 2 heteroatoms. The van der Waals surface area contributed by atoms with Crippen molar-refractivity contribution >= 4 is 11.6 Å². The van der Waals surface area contributed by atoms with E-state index in [1.165, 1.54) is 0 Å². The number of hydrogen-bond donors (Lipinski definition) is 0. The molecule has 65 valence electrons. The molecule has 0 N–H and O–H groups in total. The van der Waals surface area contributed by atoms with Crippen LogP contribution in [-0.2, 0) is 5.11 Å². The van der Waals surface area contributed by atoms with E-state index in [2.05, 4.69) is 0 Å². The van der Waals surface area contributed by atoms with E-state index in [1.54, 1.807) is 12.1 Å². The summed E-state index contributed by atoms with van der Waals surface area (Å²) in [5, 5.41) is 12.1. The smallest absolute Gasteiger partial charge is 0.182 e. The van der Waals surface area contributed by atoms with Crippen LogP contribution in [-0.4, -0.2) is 0 Å². The lowest BCUT2D eigenvalue weighted by Gasteiger charge is -2.07. The molecule has 0 bridgehead atoms. The SMILES string of the molecule is Cc1cc([O])c(C(C)C)cc1Cl. The van der Waals surface area contributed by atoms with E-state index in [1.807, 2.05) is 20.8 Å². The third-order valence-electron chi connectivity index (χ3n) is 1.91. The average molecular weight is 184 g/mol. The highest BCUT2D eigenvalue weighted by Gasteiger charge is 2.09. The second kappa shape index (κ2) is 3.36. The lowest BCUT2D eigenvalue weighted by Crippen LogP contribution is -1.88. The van der Waals surface area contributed by atoms with Gasteiger partial charge in [-0.05, 0) is 30.5 Å². The van der Waals surface area contributed by atoms with Gasteiger partial charge < -0.3 is 0 Å². The van der Waals surface area contributed by atoms with Gasteiger partial charge in [0.25, 0.3) is 0 Å². The van der Waals surface area contributed by atoms with Gasteiger partial charge in [-0.1, -0.05) is 25.4 Å². The molecule has 0 unspecified atom stereocenters. The van der Waals surface area contributed by atoms with Crippen LogP contribution in [0.4, 0.5) is 0 Å². The third-order valence-corrected chi connectivity index (χ3v) is 2.32. The Morgan fingerprint density at radius 1 is 1.33 bits per heavy atom. The number of halogens is 1. The summed E-state index contributed by atoms with van der Waals surface area (Å²) in [7, 11) is 0. The summed E-state index contributed by atoms with van der Waals surface area (Å²) in [6, 6.07) is 3.36. The number of benzene rings is 1. The molecule has 0 spiro atoms. The molecule has 0 saturated heterocycles. The van der Waals surface area contributed by atoms with Gasteiger partial charge in [0.1, 0.15) is 0 Å². The van der Waals surface area contributed by atoms with Crippen LogP contribution in [0, 0.1) is 6.92 Å². The Hall–Kier alpha value is -0.690. The lowest BCUT2D eigenvalue weighted by atomic mass is 10.0. The first-order chi connectivity index (χ1) is 5.52. The Labute approximate surface area is 78.0 Å². The molecule has 1 nitrogen and oxygen atoms in total. The zero-order valence-corrected chi connectivity index (χ0v) is 8.27. The van der Waals surface area contributed by atoms with Crippen LogP contribution in [0.25, 0.3) is 0 Å². The van der Waals surface area contributed by atoms with Gasteiger partial charge in [0.2, 0.25) is 0 Å². The van der Waals surface area contributed by atoms with Gasteiger partial charge >= 0.3 is 0 Å². The van der Waals surface area contributed by atoms with Crippen molar-refractivity contribution in [3.63, 3.8) is 0 Å². The maximum Gasteiger partial charge on any atom is 0.182 e. The lowest BCUT2D eigenvalue weighted by molar-refractivity contribution is 0.348. The molecular weight excluding hydrogens is 172 g/mol. The topological polar surface area (TPSA) is 19.9 Å². The molecule has 1 radical (unpaired) electrons. The number of hydrogen-bond acceptors (Lipinski definition) is 0. The van der Waals surface area contributed by atoms with Gasteiger partial charge in [-0.3, -0.25) is 5.11 Å². The van der Waals surface area contributed by atoms with Crippen LogP contribution in [0.1, 0.15) is 30.9 Å². The fourth-order valence-electron chi connectivity index (χ4n) is 1.12. The van der Waals surface area contributed by atoms with Crippen LogP contribution < -0.4 is 0 Å². The monoisotopic (exact) mass is 183 g/mol. The predicted octanol–water partition coefficient (Wildman–Crippen LogP) is 3.92. The first-order valence-electron chi connectivity index (χ1n) is 3.99. The molecule has 0 amide bonds. The van der Waals surface area contributed by atoms with Crippen molar-refractivity contribution in [1.29, 1.82) is 0 Å². The van der Waals surface area contributed by atoms with Crippen LogP contribution >= 0.6 is 11.6 Å². The summed E-state index contributed by atoms with van der Waals surface area (Å²) in [5.41, 5.74) is 1.65. The van der Waals surface area contributed by atoms with Crippen molar-refractivity contribution in [1.82, 2.24) is 0 Å². The number of rotatable bonds is 1. The van der Waals surface area contributed by atoms with Crippen LogP contribution in [0.15, 0.2) is 12.1 Å². The molecule has 1 aromatic rings. The molecule has 0 atom stereocenters. The van der Waals surface area contributed by atoms with Crippen molar-refractivity contribution < 1.29 is 5.11 Å². The quantitative estimate of drug-likeness (QED) is 0.629. The van der Waals surface area contributed by atoms with Gasteiger partial charge in [0, 0.05) is 10.6 Å². The van der Waals surface area contributed by atoms with E-state index >= 15 is 0 Å². The zero-order chi connectivity index (χ0) is 9.30. The summed E-state index contributed by atoms with van der Waals surface area (Å²) < 4.78 is 0. The van der Waals surface area contributed by atoms with Crippen molar-refractivity contribution in [3.8, 4) is 5.75 Å². The maximum atomic E-state index is 11.4. The minimum atomic E-state index is 0.0897. The highest BCUT2D eigenvalue weighted by molar-refractivity contribution is 6.31. The molecule has 0 heterocycles. The molecule has 0 aromatic heterocycles. The summed E-state index contributed by atoms with van der Waals surface area (Å²) in [6.45, 7) is 5.82. The van der Waals surface area contributed by atoms with E-state index < -0.39 is 0 Å². The molecule has 0 fully saturated rings. The van der Waals surface area contributed by atoms with Crippen molar-refractivity contribution in [2.45, 2.75) is 26.7 Å². The zero-order valence-electron chi connectivity index (χ0n) is 7.52. The van der Waals surface area contributed by atoms with Crippen molar-refractivity contribution in [3.05, 3.63) is 28.3 Å². The van der Waals surface area contributed by atoms with Crippen LogP contribution in [0.5, 0.6) is 5.75 Å². The Morgan fingerprint density at radius 3 is 2.42 bits per heavy atom. The summed E-state index contributed by atoms with van der Waals surface area (Å²) in [5.74, 6) is 0.336. The summed E-state index contributed by atoms with van der Waals surface area (Å²) in [4.78, 5) is 0. The van der Waals surface area contributed by atoms with E-state index in [0.29, 0.717) is 5.02 Å². The standard InChI is InChI=1S/C10H12ClO/c1-6(2)8-5-9(11)7(3)4-10(8)12/h4-6H,1-3H3. The van der Waals surface area contributed by atoms with Gasteiger partial charge in [0.05, 0.1) is 0 Å². The first-order valence-corrected chi connectivity index (χ1v) is 4.37. The van der Waals surface area contributed by atoms with Gasteiger partial charge in [0.15, 0.2) is 5.75 Å². The molecule has 0 saturated carbocycles. The van der Waals surface area contributed by atoms with Gasteiger partial charge in [-0.25, -0.2) is 0 Å². The molecule has 1 rings (SSSR count). The Morgan fingerprint density at radius 2 is 1.92 bits per heavy atom. The fraction of sp³-hybridized carbons (Fsp3) is 0.400. The second-order valence-electron chi connectivity index (χ2n) is 3.29. The molecule has 1 aromatic carbocycles. The molecule has 12 heavy (non-hydrogen) atoms. The summed E-state index contributed by atoms with van der Waals surface area (Å²) in [6.07, 6.45) is 0. The Bertz CT molecular complexity index is 292. The largest absolute Gasteiger partial charge is 0.290 e. The highest BCUT2D eigenvalue weighted by Crippen LogP contribution is 2.31. The average Bonchev–Trinajstić information content (AvgIpc) is 1.96. The normalized spacial score (nSPS) is 10.8. The second-order valence-corrected chi connectivity index (χ2v) is 3.70. The predicted molar refractivity (Wildman–Crippen MR) is 50.4 cm³/mol. The molecular formula is C10H12ClO. The molecule has 0 aliphatic heterocycles. The Kier molecular flexibility index (Phi) is 2.63. The molecule has 0 aliphatic carbocycles. The van der Waals surface area contributed by atoms with Gasteiger partial charge in [-0.15, -0.1) is 0 Å². The maximum absolute atomic E-state index is 11.4. The van der Waals surface area contributed by atoms with E-state index in [-0.39, 0.29) is 11.7 Å². The van der Waals surface area contributed by atoms with Crippen molar-refractivity contribution in [2.75, 3.05) is 0 Å². The van der Waals surface area contributed by atoms with Crippen LogP contribution in [0.3, 0.4) is 0 Å². The summed E-state index contributed by atoms with van der Waals surface area (Å²) >= 11 is 5.89. The van der Waals surface area contributed by atoms with Gasteiger partial charge in [-0.2, -0.15) is 0 Å². The first kappa shape index (κ1) is 9.40. The number of aryl methyl sites for hydroxylation is 1. The van der Waals surface area contributed by atoms with E-state index in [9.17, 15) is 5.11 Å². The van der Waals surface area contributed by atoms with Crippen molar-refractivity contribution in [2.24, 2.45) is 0 Å². The minimum absolute atomic E-state index is 0.0897. The fourth-order valence-corrected chi connectivity index (χ4v) is 1.29.